The van der Waals surface area contributed by atoms with Gasteiger partial charge in [-0.3, -0.25) is 4.79 Å². The Morgan fingerprint density at radius 1 is 1.13 bits per heavy atom. The molecule has 1 amide bonds. The summed E-state index contributed by atoms with van der Waals surface area (Å²) in [6.07, 6.45) is -2.43. The van der Waals surface area contributed by atoms with E-state index in [-0.39, 0.29) is 5.91 Å². The molecule has 0 radical (unpaired) electrons. The van der Waals surface area contributed by atoms with Gasteiger partial charge in [-0.2, -0.15) is 0 Å². The molecule has 0 saturated carbocycles. The molecule has 0 aliphatic carbocycles. The molecule has 172 valence electrons. The molecule has 1 aliphatic heterocycles. The third-order valence-corrected chi connectivity index (χ3v) is 4.51. The molecule has 1 aliphatic rings. The van der Waals surface area contributed by atoms with Crippen LogP contribution in [0.25, 0.3) is 5.57 Å². The lowest BCUT2D eigenvalue weighted by molar-refractivity contribution is -0.165. The molecule has 1 aromatic carbocycles. The Kier molecular flexibility index (Phi) is 8.74. The van der Waals surface area contributed by atoms with Gasteiger partial charge >= 0.3 is 11.9 Å². The number of aliphatic hydroxyl groups excluding tert-OH is 2. The minimum Gasteiger partial charge on any atom is -0.494 e. The fourth-order valence-corrected chi connectivity index (χ4v) is 3.14. The van der Waals surface area contributed by atoms with Crippen molar-refractivity contribution in [1.82, 2.24) is 0 Å². The molecule has 0 fully saturated rings. The van der Waals surface area contributed by atoms with E-state index in [0.29, 0.717) is 6.61 Å². The van der Waals surface area contributed by atoms with Gasteiger partial charge in [0.25, 0.3) is 0 Å². The van der Waals surface area contributed by atoms with E-state index in [1.54, 1.807) is 11.8 Å². The summed E-state index contributed by atoms with van der Waals surface area (Å²) in [5.74, 6) is -2.80. The fraction of sp³-hybridized carbons (Fsp3) is 0.476. The topological polar surface area (TPSA) is 171 Å². The molecule has 3 atom stereocenters. The highest BCUT2D eigenvalue weighted by molar-refractivity contribution is 6.02. The van der Waals surface area contributed by atoms with Crippen LogP contribution in [0.3, 0.4) is 0 Å². The van der Waals surface area contributed by atoms with Crippen LogP contribution in [0.15, 0.2) is 24.3 Å². The van der Waals surface area contributed by atoms with E-state index in [0.717, 1.165) is 22.6 Å². The number of benzene rings is 1. The molecule has 0 spiro atoms. The summed E-state index contributed by atoms with van der Waals surface area (Å²) in [4.78, 5) is 33.9. The van der Waals surface area contributed by atoms with Gasteiger partial charge in [0, 0.05) is 5.56 Å². The number of hydrogen-bond acceptors (Lipinski definition) is 7. The van der Waals surface area contributed by atoms with Crippen LogP contribution in [0.4, 0.5) is 5.69 Å². The molecule has 1 heterocycles. The Morgan fingerprint density at radius 3 is 2.06 bits per heavy atom. The van der Waals surface area contributed by atoms with Crippen molar-refractivity contribution >= 4 is 29.1 Å². The average Bonchev–Trinajstić information content (AvgIpc) is 2.66. The zero-order valence-electron chi connectivity index (χ0n) is 18.2. The summed E-state index contributed by atoms with van der Waals surface area (Å²) < 4.78 is 5.56. The molecule has 1 aromatic rings. The van der Waals surface area contributed by atoms with Crippen LogP contribution in [0.1, 0.15) is 40.2 Å². The molecule has 0 bridgehead atoms. The first-order valence-electron chi connectivity index (χ1n) is 9.62. The number of nitrogens with zero attached hydrogens (tertiary/aromatic N) is 1. The number of carbonyl (C=O) groups is 3. The van der Waals surface area contributed by atoms with Crippen LogP contribution >= 0.6 is 0 Å². The Labute approximate surface area is 180 Å². The SMILES string of the molecule is CCOc1ccc2c(c1)C(C)=CC(C)(C)N2C(=O)C(C)N.O=C(O)C(O)C(O)C(=O)O. The summed E-state index contributed by atoms with van der Waals surface area (Å²) in [7, 11) is 0. The standard InChI is InChI=1S/C17H24N2O2.C4H6O6/c1-6-21-13-7-8-15-14(9-13)11(2)10-17(4,5)19(15)16(20)12(3)18;5-1(3(7)8)2(6)4(9)10/h7-10,12H,6,18H2,1-5H3;1-2,5-6H,(H,7,8)(H,9,10). The van der Waals surface area contributed by atoms with Gasteiger partial charge < -0.3 is 35.8 Å². The molecule has 6 N–H and O–H groups in total. The monoisotopic (exact) mass is 438 g/mol. The van der Waals surface area contributed by atoms with E-state index in [1.165, 1.54) is 0 Å². The van der Waals surface area contributed by atoms with Crippen LogP contribution in [0.2, 0.25) is 0 Å². The summed E-state index contributed by atoms with van der Waals surface area (Å²) in [5.41, 5.74) is 8.49. The molecule has 31 heavy (non-hydrogen) atoms. The number of amides is 1. The molecule has 10 heteroatoms. The van der Waals surface area contributed by atoms with Gasteiger partial charge in [0.2, 0.25) is 5.91 Å². The number of allylic oxidation sites excluding steroid dienone is 1. The highest BCUT2D eigenvalue weighted by Crippen LogP contribution is 2.40. The second-order valence-corrected chi connectivity index (χ2v) is 7.62. The van der Waals surface area contributed by atoms with Crippen LogP contribution in [0.5, 0.6) is 5.75 Å². The summed E-state index contributed by atoms with van der Waals surface area (Å²) >= 11 is 0. The number of aliphatic carboxylic acids is 2. The lowest BCUT2D eigenvalue weighted by atomic mass is 9.88. The van der Waals surface area contributed by atoms with Crippen molar-refractivity contribution in [1.29, 1.82) is 0 Å². The van der Waals surface area contributed by atoms with E-state index >= 15 is 0 Å². The number of carboxylic acid groups (broad SMARTS) is 2. The first-order chi connectivity index (χ1) is 14.2. The second kappa shape index (κ2) is 10.4. The molecular weight excluding hydrogens is 408 g/mol. The van der Waals surface area contributed by atoms with Crippen molar-refractivity contribution in [2.75, 3.05) is 11.5 Å². The van der Waals surface area contributed by atoms with Crippen molar-refractivity contribution in [3.8, 4) is 5.75 Å². The quantitative estimate of drug-likeness (QED) is 0.431. The molecule has 2 rings (SSSR count). The Bertz CT molecular complexity index is 845. The zero-order valence-corrected chi connectivity index (χ0v) is 18.2. The molecular formula is C21H30N2O8. The average molecular weight is 438 g/mol. The van der Waals surface area contributed by atoms with Crippen molar-refractivity contribution in [3.63, 3.8) is 0 Å². The van der Waals surface area contributed by atoms with Gasteiger partial charge in [0.05, 0.1) is 23.9 Å². The largest absolute Gasteiger partial charge is 0.494 e. The minimum atomic E-state index is -2.27. The third-order valence-electron chi connectivity index (χ3n) is 4.51. The number of aliphatic hydroxyl groups is 2. The van der Waals surface area contributed by atoms with Gasteiger partial charge in [-0.05, 0) is 58.4 Å². The Hall–Kier alpha value is -2.95. The van der Waals surface area contributed by atoms with E-state index in [9.17, 15) is 14.4 Å². The van der Waals surface area contributed by atoms with Crippen molar-refractivity contribution in [2.24, 2.45) is 5.73 Å². The molecule has 0 aromatic heterocycles. The van der Waals surface area contributed by atoms with E-state index in [4.69, 9.17) is 30.9 Å². The van der Waals surface area contributed by atoms with E-state index < -0.39 is 35.7 Å². The number of rotatable bonds is 6. The normalized spacial score (nSPS) is 17.2. The van der Waals surface area contributed by atoms with Gasteiger partial charge in [-0.1, -0.05) is 6.08 Å². The van der Waals surface area contributed by atoms with Crippen LogP contribution < -0.4 is 15.4 Å². The maximum atomic E-state index is 12.5. The number of anilines is 1. The number of carbonyl (C=O) groups excluding carboxylic acids is 1. The highest BCUT2D eigenvalue weighted by atomic mass is 16.5. The zero-order chi connectivity index (χ0) is 24.1. The van der Waals surface area contributed by atoms with Crippen LogP contribution in [-0.2, 0) is 14.4 Å². The fourth-order valence-electron chi connectivity index (χ4n) is 3.14. The lowest BCUT2D eigenvalue weighted by Crippen LogP contribution is -2.54. The summed E-state index contributed by atoms with van der Waals surface area (Å²) in [6, 6.07) is 5.30. The van der Waals surface area contributed by atoms with Gasteiger partial charge in [0.15, 0.2) is 12.2 Å². The molecule has 3 unspecified atom stereocenters. The number of ether oxygens (including phenoxy) is 1. The maximum Gasteiger partial charge on any atom is 0.335 e. The van der Waals surface area contributed by atoms with E-state index in [1.807, 2.05) is 39.0 Å². The Balaban J connectivity index is 0.000000407. The number of fused-ring (bicyclic) bond motifs is 1. The summed E-state index contributed by atoms with van der Waals surface area (Å²) in [6.45, 7) is 10.4. The van der Waals surface area contributed by atoms with Crippen molar-refractivity contribution < 1.29 is 39.5 Å². The summed E-state index contributed by atoms with van der Waals surface area (Å²) in [5, 5.41) is 32.5. The van der Waals surface area contributed by atoms with Crippen molar-refractivity contribution in [3.05, 3.63) is 29.8 Å². The van der Waals surface area contributed by atoms with Gasteiger partial charge in [0.1, 0.15) is 5.75 Å². The maximum absolute atomic E-state index is 12.5. The highest BCUT2D eigenvalue weighted by Gasteiger charge is 2.37. The number of hydrogen-bond donors (Lipinski definition) is 5. The molecule has 10 nitrogen and oxygen atoms in total. The minimum absolute atomic E-state index is 0.0749. The molecule has 0 saturated heterocycles. The predicted molar refractivity (Wildman–Crippen MR) is 114 cm³/mol. The first kappa shape index (κ1) is 26.1. The Morgan fingerprint density at radius 2 is 1.65 bits per heavy atom. The third kappa shape index (κ3) is 6.27. The van der Waals surface area contributed by atoms with Crippen LogP contribution in [0, 0.1) is 0 Å². The lowest BCUT2D eigenvalue weighted by Gasteiger charge is -2.42. The van der Waals surface area contributed by atoms with Gasteiger partial charge in [-0.15, -0.1) is 0 Å². The first-order valence-corrected chi connectivity index (χ1v) is 9.62. The number of nitrogens with two attached hydrogens (primary N) is 1. The van der Waals surface area contributed by atoms with Crippen molar-refractivity contribution in [2.45, 2.75) is 58.4 Å². The predicted octanol–water partition coefficient (Wildman–Crippen LogP) is 0.838. The van der Waals surface area contributed by atoms with Crippen LogP contribution in [-0.4, -0.2) is 68.7 Å². The second-order valence-electron chi connectivity index (χ2n) is 7.62. The number of carboxylic acids is 2. The van der Waals surface area contributed by atoms with E-state index in [2.05, 4.69) is 13.0 Å². The smallest absolute Gasteiger partial charge is 0.335 e. The van der Waals surface area contributed by atoms with Gasteiger partial charge in [-0.25, -0.2) is 9.59 Å².